The number of amides is 1. The average Bonchev–Trinajstić information content (AvgIpc) is 2.81. The fourth-order valence-corrected chi connectivity index (χ4v) is 1.73. The second kappa shape index (κ2) is 7.62. The number of aromatic nitrogens is 3. The van der Waals surface area contributed by atoms with Crippen molar-refractivity contribution in [3.63, 3.8) is 0 Å². The van der Waals surface area contributed by atoms with Crippen molar-refractivity contribution in [3.8, 4) is 0 Å². The number of esters is 1. The number of nitrogens with zero attached hydrogens (tertiary/aromatic N) is 4. The van der Waals surface area contributed by atoms with Crippen LogP contribution in [0.2, 0.25) is 0 Å². The topological polar surface area (TPSA) is 77.3 Å². The highest BCUT2D eigenvalue weighted by molar-refractivity contribution is 5.88. The second-order valence-corrected chi connectivity index (χ2v) is 4.42. The number of hydrogen-bond acceptors (Lipinski definition) is 5. The van der Waals surface area contributed by atoms with Crippen LogP contribution in [0.15, 0.2) is 0 Å². The lowest BCUT2D eigenvalue weighted by Crippen LogP contribution is -2.30. The summed E-state index contributed by atoms with van der Waals surface area (Å²) in [7, 11) is 1.73. The van der Waals surface area contributed by atoms with Crippen LogP contribution in [0.5, 0.6) is 0 Å². The lowest BCUT2D eigenvalue weighted by atomic mass is 10.2. The van der Waals surface area contributed by atoms with Crippen LogP contribution in [0.4, 0.5) is 0 Å². The Morgan fingerprint density at radius 1 is 1.30 bits per heavy atom. The van der Waals surface area contributed by atoms with E-state index in [1.165, 1.54) is 4.68 Å². The third-order valence-corrected chi connectivity index (χ3v) is 2.98. The molecule has 0 atom stereocenters. The van der Waals surface area contributed by atoms with Crippen LogP contribution in [0, 0.1) is 0 Å². The number of ether oxygens (including phenoxy) is 1. The van der Waals surface area contributed by atoms with Crippen LogP contribution >= 0.6 is 0 Å². The Labute approximate surface area is 118 Å². The summed E-state index contributed by atoms with van der Waals surface area (Å²) < 4.78 is 6.44. The van der Waals surface area contributed by atoms with Gasteiger partial charge in [-0.15, -0.1) is 5.10 Å². The average molecular weight is 282 g/mol. The van der Waals surface area contributed by atoms with Gasteiger partial charge in [0, 0.05) is 13.6 Å². The van der Waals surface area contributed by atoms with E-state index in [2.05, 4.69) is 10.3 Å². The highest BCUT2D eigenvalue weighted by Gasteiger charge is 2.21. The van der Waals surface area contributed by atoms with Crippen molar-refractivity contribution in [2.45, 2.75) is 40.2 Å². The molecule has 1 amide bonds. The molecule has 7 heteroatoms. The van der Waals surface area contributed by atoms with Gasteiger partial charge in [-0.1, -0.05) is 18.6 Å². The molecule has 112 valence electrons. The van der Waals surface area contributed by atoms with E-state index in [9.17, 15) is 9.59 Å². The number of hydrogen-bond donors (Lipinski definition) is 0. The minimum absolute atomic E-state index is 0.0647. The first-order valence-corrected chi connectivity index (χ1v) is 6.88. The Balaban J connectivity index is 2.96. The van der Waals surface area contributed by atoms with Crippen LogP contribution in [-0.4, -0.2) is 52.0 Å². The molecule has 0 N–H and O–H groups in total. The molecule has 0 bridgehead atoms. The zero-order valence-electron chi connectivity index (χ0n) is 12.5. The van der Waals surface area contributed by atoms with Crippen molar-refractivity contribution in [1.29, 1.82) is 0 Å². The maximum absolute atomic E-state index is 11.9. The molecule has 1 aromatic rings. The molecule has 0 saturated carbocycles. The third-order valence-electron chi connectivity index (χ3n) is 2.98. The fraction of sp³-hybridized carbons (Fsp3) is 0.692. The Morgan fingerprint density at radius 3 is 2.55 bits per heavy atom. The summed E-state index contributed by atoms with van der Waals surface area (Å²) in [4.78, 5) is 25.3. The fourth-order valence-electron chi connectivity index (χ4n) is 1.73. The molecule has 1 rings (SSSR count). The molecule has 20 heavy (non-hydrogen) atoms. The Bertz CT molecular complexity index is 470. The van der Waals surface area contributed by atoms with Gasteiger partial charge < -0.3 is 9.64 Å². The summed E-state index contributed by atoms with van der Waals surface area (Å²) >= 11 is 0. The van der Waals surface area contributed by atoms with Gasteiger partial charge in [-0.05, 0) is 20.3 Å². The van der Waals surface area contributed by atoms with Gasteiger partial charge in [0.15, 0.2) is 5.69 Å². The van der Waals surface area contributed by atoms with Crippen molar-refractivity contribution in [3.05, 3.63) is 11.4 Å². The van der Waals surface area contributed by atoms with Gasteiger partial charge in [-0.3, -0.25) is 4.79 Å². The Kier molecular flexibility index (Phi) is 6.14. The molecule has 7 nitrogen and oxygen atoms in total. The largest absolute Gasteiger partial charge is 0.461 e. The molecule has 0 aliphatic rings. The molecule has 0 aliphatic carbocycles. The van der Waals surface area contributed by atoms with E-state index >= 15 is 0 Å². The first-order chi connectivity index (χ1) is 9.54. The van der Waals surface area contributed by atoms with E-state index in [1.807, 2.05) is 13.8 Å². The summed E-state index contributed by atoms with van der Waals surface area (Å²) in [5.41, 5.74) is 0.865. The van der Waals surface area contributed by atoms with Gasteiger partial charge in [0.1, 0.15) is 6.54 Å². The quantitative estimate of drug-likeness (QED) is 0.694. The van der Waals surface area contributed by atoms with E-state index in [0.717, 1.165) is 6.42 Å². The van der Waals surface area contributed by atoms with Crippen molar-refractivity contribution >= 4 is 11.9 Å². The van der Waals surface area contributed by atoms with Crippen LogP contribution < -0.4 is 0 Å². The van der Waals surface area contributed by atoms with Gasteiger partial charge in [0.25, 0.3) is 0 Å². The second-order valence-electron chi connectivity index (χ2n) is 4.42. The van der Waals surface area contributed by atoms with E-state index in [-0.39, 0.29) is 24.8 Å². The lowest BCUT2D eigenvalue weighted by molar-refractivity contribution is -0.130. The van der Waals surface area contributed by atoms with E-state index in [1.54, 1.807) is 18.9 Å². The van der Waals surface area contributed by atoms with Gasteiger partial charge in [0.2, 0.25) is 5.91 Å². The smallest absolute Gasteiger partial charge is 0.360 e. The molecule has 0 spiro atoms. The predicted molar refractivity (Wildman–Crippen MR) is 73.3 cm³/mol. The van der Waals surface area contributed by atoms with Crippen molar-refractivity contribution in [2.24, 2.45) is 0 Å². The number of carbonyl (C=O) groups excluding carboxylic acids is 2. The van der Waals surface area contributed by atoms with Crippen LogP contribution in [0.1, 0.15) is 43.4 Å². The first kappa shape index (κ1) is 16.1. The zero-order valence-corrected chi connectivity index (χ0v) is 12.5. The maximum Gasteiger partial charge on any atom is 0.360 e. The standard InChI is InChI=1S/C13H22N4O3/c1-5-8-10-12(13(19)20-7-3)14-15-17(10)9-11(18)16(4)6-2/h5-9H2,1-4H3. The minimum Gasteiger partial charge on any atom is -0.461 e. The zero-order chi connectivity index (χ0) is 15.1. The summed E-state index contributed by atoms with van der Waals surface area (Å²) in [6, 6.07) is 0. The molecular weight excluding hydrogens is 260 g/mol. The number of rotatable bonds is 7. The van der Waals surface area contributed by atoms with Gasteiger partial charge in [-0.25, -0.2) is 9.48 Å². The minimum atomic E-state index is -0.488. The molecule has 0 radical (unpaired) electrons. The number of likely N-dealkylation sites (N-methyl/N-ethyl adjacent to an activating group) is 1. The monoisotopic (exact) mass is 282 g/mol. The molecule has 0 aromatic carbocycles. The Morgan fingerprint density at radius 2 is 2.00 bits per heavy atom. The van der Waals surface area contributed by atoms with E-state index in [4.69, 9.17) is 4.74 Å². The third kappa shape index (κ3) is 3.79. The maximum atomic E-state index is 11.9. The van der Waals surface area contributed by atoms with Crippen LogP contribution in [0.25, 0.3) is 0 Å². The van der Waals surface area contributed by atoms with Crippen LogP contribution in [0.3, 0.4) is 0 Å². The highest BCUT2D eigenvalue weighted by atomic mass is 16.5. The van der Waals surface area contributed by atoms with Gasteiger partial charge in [-0.2, -0.15) is 0 Å². The summed E-state index contributed by atoms with van der Waals surface area (Å²) in [6.07, 6.45) is 1.46. The molecule has 1 heterocycles. The van der Waals surface area contributed by atoms with E-state index in [0.29, 0.717) is 18.7 Å². The number of carbonyl (C=O) groups is 2. The molecule has 1 aromatic heterocycles. The van der Waals surface area contributed by atoms with Crippen molar-refractivity contribution < 1.29 is 14.3 Å². The summed E-state index contributed by atoms with van der Waals surface area (Å²) in [5, 5.41) is 7.77. The summed E-state index contributed by atoms with van der Waals surface area (Å²) in [5.74, 6) is -0.552. The van der Waals surface area contributed by atoms with Gasteiger partial charge >= 0.3 is 5.97 Å². The molecule has 0 unspecified atom stereocenters. The lowest BCUT2D eigenvalue weighted by Gasteiger charge is -2.15. The first-order valence-electron chi connectivity index (χ1n) is 6.88. The van der Waals surface area contributed by atoms with Gasteiger partial charge in [0.05, 0.1) is 12.3 Å². The molecular formula is C13H22N4O3. The normalized spacial score (nSPS) is 10.4. The molecule has 0 saturated heterocycles. The molecule has 0 fully saturated rings. The Hall–Kier alpha value is -1.92. The van der Waals surface area contributed by atoms with Crippen molar-refractivity contribution in [1.82, 2.24) is 19.9 Å². The highest BCUT2D eigenvalue weighted by Crippen LogP contribution is 2.10. The van der Waals surface area contributed by atoms with Crippen molar-refractivity contribution in [2.75, 3.05) is 20.2 Å². The van der Waals surface area contributed by atoms with E-state index < -0.39 is 5.97 Å². The predicted octanol–water partition coefficient (Wildman–Crippen LogP) is 0.886. The summed E-state index contributed by atoms with van der Waals surface area (Å²) in [6.45, 7) is 6.63. The van der Waals surface area contributed by atoms with Crippen LogP contribution in [-0.2, 0) is 22.5 Å². The molecule has 0 aliphatic heterocycles. The SMILES string of the molecule is CCCc1c(C(=O)OCC)nnn1CC(=O)N(C)CC.